The second kappa shape index (κ2) is 7.23. The van der Waals surface area contributed by atoms with Gasteiger partial charge in [-0.3, -0.25) is 0 Å². The van der Waals surface area contributed by atoms with Gasteiger partial charge in [-0.1, -0.05) is 35.9 Å². The van der Waals surface area contributed by atoms with Crippen LogP contribution in [0.15, 0.2) is 36.4 Å². The van der Waals surface area contributed by atoms with Gasteiger partial charge in [0.25, 0.3) is 0 Å². The van der Waals surface area contributed by atoms with Crippen molar-refractivity contribution in [2.75, 3.05) is 19.0 Å². The van der Waals surface area contributed by atoms with Crippen molar-refractivity contribution < 1.29 is 9.47 Å². The number of hydrogen-bond donors (Lipinski definition) is 1. The minimum absolute atomic E-state index is 0.608. The summed E-state index contributed by atoms with van der Waals surface area (Å²) < 4.78 is 11.1. The van der Waals surface area contributed by atoms with Gasteiger partial charge >= 0.3 is 0 Å². The van der Waals surface area contributed by atoms with Crippen LogP contribution in [0, 0.1) is 6.92 Å². The first-order valence-electron chi connectivity index (χ1n) is 6.95. The number of nitrogens with one attached hydrogen (secondary N) is 1. The van der Waals surface area contributed by atoms with Gasteiger partial charge < -0.3 is 14.8 Å². The molecule has 0 saturated carbocycles. The number of hydrogen-bond acceptors (Lipinski definition) is 3. The van der Waals surface area contributed by atoms with Crippen molar-refractivity contribution in [1.29, 1.82) is 0 Å². The van der Waals surface area contributed by atoms with Gasteiger partial charge in [0.1, 0.15) is 0 Å². The molecule has 0 amide bonds. The van der Waals surface area contributed by atoms with Gasteiger partial charge in [0.15, 0.2) is 11.5 Å². The lowest BCUT2D eigenvalue weighted by Crippen LogP contribution is -2.05. The van der Waals surface area contributed by atoms with Crippen LogP contribution in [0.2, 0.25) is 5.02 Å². The molecular formula is C17H20ClNO2. The summed E-state index contributed by atoms with van der Waals surface area (Å²) in [5.74, 6) is 1.52. The first-order valence-corrected chi connectivity index (χ1v) is 7.32. The Morgan fingerprint density at radius 2 is 1.90 bits per heavy atom. The molecule has 0 saturated heterocycles. The third-order valence-electron chi connectivity index (χ3n) is 3.24. The Morgan fingerprint density at radius 1 is 1.14 bits per heavy atom. The van der Waals surface area contributed by atoms with E-state index in [0.29, 0.717) is 13.2 Å². The van der Waals surface area contributed by atoms with Crippen LogP contribution in [0.25, 0.3) is 0 Å². The van der Waals surface area contributed by atoms with Gasteiger partial charge in [-0.15, -0.1) is 0 Å². The molecule has 2 aromatic rings. The lowest BCUT2D eigenvalue weighted by Gasteiger charge is -2.16. The predicted octanol–water partition coefficient (Wildman–Crippen LogP) is 4.67. The molecule has 3 nitrogen and oxygen atoms in total. The average molecular weight is 306 g/mol. The normalized spacial score (nSPS) is 10.3. The van der Waals surface area contributed by atoms with Crippen molar-refractivity contribution in [3.63, 3.8) is 0 Å². The van der Waals surface area contributed by atoms with Gasteiger partial charge in [-0.25, -0.2) is 0 Å². The molecule has 0 heterocycles. The number of para-hydroxylation sites is 2. The Balaban J connectivity index is 2.22. The molecule has 0 aliphatic rings. The summed E-state index contributed by atoms with van der Waals surface area (Å²) in [5, 5.41) is 4.09. The smallest absolute Gasteiger partial charge is 0.165 e. The first kappa shape index (κ1) is 15.5. The Bertz CT molecular complexity index is 593. The summed E-state index contributed by atoms with van der Waals surface area (Å²) in [6.07, 6.45) is 0. The maximum Gasteiger partial charge on any atom is 0.165 e. The quantitative estimate of drug-likeness (QED) is 0.841. The predicted molar refractivity (Wildman–Crippen MR) is 87.7 cm³/mol. The summed E-state index contributed by atoms with van der Waals surface area (Å²) >= 11 is 6.23. The Kier molecular flexibility index (Phi) is 5.34. The van der Waals surface area contributed by atoms with Gasteiger partial charge in [-0.2, -0.15) is 0 Å². The minimum Gasteiger partial charge on any atom is -0.493 e. The van der Waals surface area contributed by atoms with E-state index in [1.54, 1.807) is 7.11 Å². The summed E-state index contributed by atoms with van der Waals surface area (Å²) in [6.45, 7) is 5.21. The van der Waals surface area contributed by atoms with E-state index in [0.717, 1.165) is 33.3 Å². The highest BCUT2D eigenvalue weighted by atomic mass is 35.5. The topological polar surface area (TPSA) is 30.5 Å². The second-order valence-corrected chi connectivity index (χ2v) is 5.07. The highest BCUT2D eigenvalue weighted by molar-refractivity contribution is 6.33. The van der Waals surface area contributed by atoms with Crippen molar-refractivity contribution >= 4 is 17.3 Å². The molecule has 0 fully saturated rings. The Morgan fingerprint density at radius 3 is 2.57 bits per heavy atom. The number of methoxy groups -OCH3 is 1. The van der Waals surface area contributed by atoms with Crippen LogP contribution in [0.5, 0.6) is 11.5 Å². The monoisotopic (exact) mass is 305 g/mol. The molecule has 112 valence electrons. The van der Waals surface area contributed by atoms with Gasteiger partial charge in [0.05, 0.1) is 24.4 Å². The molecule has 2 rings (SSSR count). The van der Waals surface area contributed by atoms with Crippen molar-refractivity contribution in [3.8, 4) is 11.5 Å². The average Bonchev–Trinajstić information content (AvgIpc) is 2.47. The third-order valence-corrected chi connectivity index (χ3v) is 3.56. The SMILES string of the molecule is CCOc1cccc(CNc2c(C)cccc2Cl)c1OC. The third kappa shape index (κ3) is 3.61. The minimum atomic E-state index is 0.608. The van der Waals surface area contributed by atoms with E-state index in [4.69, 9.17) is 21.1 Å². The molecule has 0 unspecified atom stereocenters. The fourth-order valence-corrected chi connectivity index (χ4v) is 2.53. The molecule has 2 aromatic carbocycles. The summed E-state index contributed by atoms with van der Waals surface area (Å²) in [4.78, 5) is 0. The molecule has 4 heteroatoms. The van der Waals surface area contributed by atoms with E-state index in [-0.39, 0.29) is 0 Å². The van der Waals surface area contributed by atoms with Crippen molar-refractivity contribution in [2.24, 2.45) is 0 Å². The Labute approximate surface area is 130 Å². The number of ether oxygens (including phenoxy) is 2. The van der Waals surface area contributed by atoms with Crippen molar-refractivity contribution in [1.82, 2.24) is 0 Å². The van der Waals surface area contributed by atoms with E-state index < -0.39 is 0 Å². The van der Waals surface area contributed by atoms with Crippen LogP contribution >= 0.6 is 11.6 Å². The molecule has 0 aliphatic heterocycles. The molecule has 0 aliphatic carbocycles. The van der Waals surface area contributed by atoms with Crippen molar-refractivity contribution in [2.45, 2.75) is 20.4 Å². The maximum absolute atomic E-state index is 6.23. The second-order valence-electron chi connectivity index (χ2n) is 4.67. The van der Waals surface area contributed by atoms with Crippen LogP contribution in [-0.2, 0) is 6.54 Å². The molecule has 21 heavy (non-hydrogen) atoms. The first-order chi connectivity index (χ1) is 10.2. The van der Waals surface area contributed by atoms with E-state index in [1.165, 1.54) is 0 Å². The van der Waals surface area contributed by atoms with Crippen LogP contribution in [-0.4, -0.2) is 13.7 Å². The number of aryl methyl sites for hydroxylation is 1. The summed E-state index contributed by atoms with van der Waals surface area (Å²) in [7, 11) is 1.65. The number of anilines is 1. The zero-order chi connectivity index (χ0) is 15.2. The van der Waals surface area contributed by atoms with Gasteiger partial charge in [0.2, 0.25) is 0 Å². The standard InChI is InChI=1S/C17H20ClNO2/c1-4-21-15-10-6-8-13(17(15)20-3)11-19-16-12(2)7-5-9-14(16)18/h5-10,19H,4,11H2,1-3H3. The Hall–Kier alpha value is -1.87. The fraction of sp³-hybridized carbons (Fsp3) is 0.294. The molecule has 1 N–H and O–H groups in total. The van der Waals surface area contributed by atoms with Gasteiger partial charge in [-0.05, 0) is 31.5 Å². The lowest BCUT2D eigenvalue weighted by atomic mass is 10.1. The highest BCUT2D eigenvalue weighted by Crippen LogP contribution is 2.32. The molecule has 0 aromatic heterocycles. The van der Waals surface area contributed by atoms with Crippen molar-refractivity contribution in [3.05, 3.63) is 52.5 Å². The largest absolute Gasteiger partial charge is 0.493 e. The number of rotatable bonds is 6. The summed E-state index contributed by atoms with van der Waals surface area (Å²) in [5.41, 5.74) is 3.09. The van der Waals surface area contributed by atoms with E-state index in [2.05, 4.69) is 5.32 Å². The maximum atomic E-state index is 6.23. The number of halogens is 1. The fourth-order valence-electron chi connectivity index (χ4n) is 2.24. The molecule has 0 spiro atoms. The molecule has 0 atom stereocenters. The van der Waals surface area contributed by atoms with E-state index >= 15 is 0 Å². The van der Waals surface area contributed by atoms with Crippen LogP contribution < -0.4 is 14.8 Å². The molecular weight excluding hydrogens is 286 g/mol. The number of benzene rings is 2. The lowest BCUT2D eigenvalue weighted by molar-refractivity contribution is 0.309. The molecule has 0 bridgehead atoms. The van der Waals surface area contributed by atoms with Crippen LogP contribution in [0.4, 0.5) is 5.69 Å². The zero-order valence-corrected chi connectivity index (χ0v) is 13.3. The van der Waals surface area contributed by atoms with E-state index in [9.17, 15) is 0 Å². The van der Waals surface area contributed by atoms with Crippen LogP contribution in [0.3, 0.4) is 0 Å². The highest BCUT2D eigenvalue weighted by Gasteiger charge is 2.11. The zero-order valence-electron chi connectivity index (χ0n) is 12.6. The van der Waals surface area contributed by atoms with E-state index in [1.807, 2.05) is 50.2 Å². The summed E-state index contributed by atoms with van der Waals surface area (Å²) in [6, 6.07) is 11.7. The van der Waals surface area contributed by atoms with Gasteiger partial charge in [0, 0.05) is 12.1 Å². The van der Waals surface area contributed by atoms with Crippen LogP contribution in [0.1, 0.15) is 18.1 Å². The molecule has 0 radical (unpaired) electrons.